The Morgan fingerprint density at radius 1 is 1.40 bits per heavy atom. The first-order valence-corrected chi connectivity index (χ1v) is 6.85. The van der Waals surface area contributed by atoms with Crippen molar-refractivity contribution in [1.29, 1.82) is 0 Å². The van der Waals surface area contributed by atoms with Crippen molar-refractivity contribution in [2.45, 2.75) is 25.3 Å². The van der Waals surface area contributed by atoms with Crippen molar-refractivity contribution < 1.29 is 28.2 Å². The van der Waals surface area contributed by atoms with E-state index in [1.54, 1.807) is 0 Å². The molecule has 0 fully saturated rings. The smallest absolute Gasteiger partial charge is 0.389 e. The Morgan fingerprint density at radius 2 is 2.00 bits per heavy atom. The van der Waals surface area contributed by atoms with Crippen molar-refractivity contribution in [2.24, 2.45) is 0 Å². The summed E-state index contributed by atoms with van der Waals surface area (Å²) in [4.78, 5) is 10.7. The van der Waals surface area contributed by atoms with Gasteiger partial charge in [0.15, 0.2) is 5.12 Å². The van der Waals surface area contributed by atoms with Gasteiger partial charge in [-0.25, -0.2) is 0 Å². The standard InChI is InChI=1S/C12H12ClF3O3S/c1-6(17)20-5-10(18)11(19)8-3-2-7(4-9(8)13)12(14,15)16/h2-4,10-11,18-19H,5H2,1H3. The van der Waals surface area contributed by atoms with Crippen molar-refractivity contribution in [1.82, 2.24) is 0 Å². The maximum atomic E-state index is 12.5. The molecule has 0 saturated carbocycles. The van der Waals surface area contributed by atoms with Crippen LogP contribution in [0.5, 0.6) is 0 Å². The topological polar surface area (TPSA) is 57.5 Å². The third kappa shape index (κ3) is 4.66. The van der Waals surface area contributed by atoms with Crippen LogP contribution in [0.25, 0.3) is 0 Å². The molecule has 0 amide bonds. The Balaban J connectivity index is 2.88. The fourth-order valence-corrected chi connectivity index (χ4v) is 2.32. The van der Waals surface area contributed by atoms with Gasteiger partial charge in [0.1, 0.15) is 6.10 Å². The normalized spacial score (nSPS) is 14.9. The molecule has 0 aliphatic rings. The first-order chi connectivity index (χ1) is 9.12. The van der Waals surface area contributed by atoms with Crippen LogP contribution in [0.15, 0.2) is 18.2 Å². The van der Waals surface area contributed by atoms with Gasteiger partial charge in [0.25, 0.3) is 0 Å². The molecule has 20 heavy (non-hydrogen) atoms. The van der Waals surface area contributed by atoms with E-state index in [0.29, 0.717) is 6.07 Å². The lowest BCUT2D eigenvalue weighted by Crippen LogP contribution is -2.22. The summed E-state index contributed by atoms with van der Waals surface area (Å²) >= 11 is 6.50. The van der Waals surface area contributed by atoms with Gasteiger partial charge in [-0.2, -0.15) is 13.2 Å². The van der Waals surface area contributed by atoms with E-state index in [2.05, 4.69) is 0 Å². The Bertz CT molecular complexity index is 493. The summed E-state index contributed by atoms with van der Waals surface area (Å²) in [6.45, 7) is 1.30. The number of hydrogen-bond acceptors (Lipinski definition) is 4. The van der Waals surface area contributed by atoms with Gasteiger partial charge < -0.3 is 10.2 Å². The molecule has 0 bridgehead atoms. The molecule has 0 radical (unpaired) electrons. The predicted molar refractivity (Wildman–Crippen MR) is 70.6 cm³/mol. The number of halogens is 4. The summed E-state index contributed by atoms with van der Waals surface area (Å²) in [5.74, 6) is -0.0755. The van der Waals surface area contributed by atoms with Crippen molar-refractivity contribution in [3.05, 3.63) is 34.3 Å². The van der Waals surface area contributed by atoms with Gasteiger partial charge in [-0.1, -0.05) is 29.4 Å². The zero-order chi connectivity index (χ0) is 15.5. The zero-order valence-electron chi connectivity index (χ0n) is 10.3. The molecular formula is C12H12ClF3O3S. The van der Waals surface area contributed by atoms with E-state index in [1.165, 1.54) is 6.92 Å². The monoisotopic (exact) mass is 328 g/mol. The SMILES string of the molecule is CC(=O)SCC(O)C(O)c1ccc(C(F)(F)F)cc1Cl. The van der Waals surface area contributed by atoms with E-state index in [0.717, 1.165) is 23.9 Å². The Morgan fingerprint density at radius 3 is 2.45 bits per heavy atom. The van der Waals surface area contributed by atoms with Crippen LogP contribution in [-0.2, 0) is 11.0 Å². The molecule has 0 heterocycles. The van der Waals surface area contributed by atoms with Crippen molar-refractivity contribution in [2.75, 3.05) is 5.75 Å². The molecule has 1 aromatic rings. The van der Waals surface area contributed by atoms with E-state index >= 15 is 0 Å². The minimum atomic E-state index is -4.53. The summed E-state index contributed by atoms with van der Waals surface area (Å²) in [6.07, 6.45) is -7.30. The Kier molecular flexibility index (Phi) is 5.88. The van der Waals surface area contributed by atoms with Gasteiger partial charge in [-0.15, -0.1) is 0 Å². The van der Waals surface area contributed by atoms with Gasteiger partial charge in [0.2, 0.25) is 0 Å². The van der Waals surface area contributed by atoms with E-state index in [-0.39, 0.29) is 21.5 Å². The van der Waals surface area contributed by atoms with Gasteiger partial charge in [0.05, 0.1) is 11.7 Å². The molecule has 0 aliphatic heterocycles. The highest BCUT2D eigenvalue weighted by atomic mass is 35.5. The van der Waals surface area contributed by atoms with Crippen molar-refractivity contribution >= 4 is 28.5 Å². The van der Waals surface area contributed by atoms with Crippen LogP contribution >= 0.6 is 23.4 Å². The van der Waals surface area contributed by atoms with Gasteiger partial charge in [-0.05, 0) is 12.1 Å². The van der Waals surface area contributed by atoms with Crippen LogP contribution in [0.3, 0.4) is 0 Å². The highest BCUT2D eigenvalue weighted by molar-refractivity contribution is 8.13. The summed E-state index contributed by atoms with van der Waals surface area (Å²) in [6, 6.07) is 2.47. The van der Waals surface area contributed by atoms with Crippen LogP contribution in [-0.4, -0.2) is 27.2 Å². The lowest BCUT2D eigenvalue weighted by atomic mass is 10.0. The quantitative estimate of drug-likeness (QED) is 0.892. The number of hydrogen-bond donors (Lipinski definition) is 2. The molecule has 8 heteroatoms. The van der Waals surface area contributed by atoms with E-state index in [9.17, 15) is 28.2 Å². The number of carbonyl (C=O) groups is 1. The fourth-order valence-electron chi connectivity index (χ4n) is 1.44. The second-order valence-corrected chi connectivity index (χ2v) is 5.65. The van der Waals surface area contributed by atoms with E-state index < -0.39 is 23.9 Å². The predicted octanol–water partition coefficient (Wildman–Crippen LogP) is 3.03. The number of alkyl halides is 3. The molecule has 2 N–H and O–H groups in total. The molecule has 1 aromatic carbocycles. The van der Waals surface area contributed by atoms with Gasteiger partial charge in [-0.3, -0.25) is 4.79 Å². The average molecular weight is 329 g/mol. The molecule has 0 saturated heterocycles. The number of thioether (sulfide) groups is 1. The first-order valence-electron chi connectivity index (χ1n) is 5.49. The Hall–Kier alpha value is -0.760. The molecule has 1 rings (SSSR count). The van der Waals surface area contributed by atoms with E-state index in [1.807, 2.05) is 0 Å². The molecular weight excluding hydrogens is 317 g/mol. The summed E-state index contributed by atoms with van der Waals surface area (Å²) in [7, 11) is 0. The number of aliphatic hydroxyl groups is 2. The maximum Gasteiger partial charge on any atom is 0.416 e. The fraction of sp³-hybridized carbons (Fsp3) is 0.417. The highest BCUT2D eigenvalue weighted by Gasteiger charge is 2.32. The van der Waals surface area contributed by atoms with Crippen LogP contribution in [0.2, 0.25) is 5.02 Å². The molecule has 0 aliphatic carbocycles. The second kappa shape index (κ2) is 6.80. The third-order valence-corrected chi connectivity index (χ3v) is 3.71. The lowest BCUT2D eigenvalue weighted by Gasteiger charge is -2.19. The molecule has 3 nitrogen and oxygen atoms in total. The van der Waals surface area contributed by atoms with Crippen LogP contribution in [0.1, 0.15) is 24.2 Å². The highest BCUT2D eigenvalue weighted by Crippen LogP contribution is 2.34. The third-order valence-electron chi connectivity index (χ3n) is 2.47. The lowest BCUT2D eigenvalue weighted by molar-refractivity contribution is -0.137. The maximum absolute atomic E-state index is 12.5. The average Bonchev–Trinajstić information content (AvgIpc) is 2.33. The van der Waals surface area contributed by atoms with E-state index in [4.69, 9.17) is 11.6 Å². The first kappa shape index (κ1) is 17.3. The summed E-state index contributed by atoms with van der Waals surface area (Å²) in [5, 5.41) is 19.0. The summed E-state index contributed by atoms with van der Waals surface area (Å²) < 4.78 is 37.4. The number of carbonyl (C=O) groups excluding carboxylic acids is 1. The molecule has 112 valence electrons. The number of aliphatic hydroxyl groups excluding tert-OH is 2. The number of benzene rings is 1. The molecule has 0 aromatic heterocycles. The largest absolute Gasteiger partial charge is 0.416 e. The van der Waals surface area contributed by atoms with Gasteiger partial charge in [0, 0.05) is 23.3 Å². The zero-order valence-corrected chi connectivity index (χ0v) is 11.9. The second-order valence-electron chi connectivity index (χ2n) is 4.05. The minimum Gasteiger partial charge on any atom is -0.389 e. The Labute approximate surface area is 122 Å². The molecule has 2 unspecified atom stereocenters. The van der Waals surface area contributed by atoms with Gasteiger partial charge >= 0.3 is 6.18 Å². The minimum absolute atomic E-state index is 0.0173. The molecule has 0 spiro atoms. The van der Waals surface area contributed by atoms with Crippen LogP contribution < -0.4 is 0 Å². The van der Waals surface area contributed by atoms with Crippen molar-refractivity contribution in [3.63, 3.8) is 0 Å². The van der Waals surface area contributed by atoms with Crippen LogP contribution in [0, 0.1) is 0 Å². The number of rotatable bonds is 4. The van der Waals surface area contributed by atoms with Crippen molar-refractivity contribution in [3.8, 4) is 0 Å². The molecule has 2 atom stereocenters. The van der Waals surface area contributed by atoms with Crippen LogP contribution in [0.4, 0.5) is 13.2 Å². The summed E-state index contributed by atoms with van der Waals surface area (Å²) in [5.41, 5.74) is -0.956.